The van der Waals surface area contributed by atoms with Crippen LogP contribution in [0.15, 0.2) is 88.6 Å². The van der Waals surface area contributed by atoms with Gasteiger partial charge in [-0.05, 0) is 43.5 Å². The van der Waals surface area contributed by atoms with E-state index < -0.39 is 0 Å². The quantitative estimate of drug-likeness (QED) is 0.225. The maximum absolute atomic E-state index is 5.54. The Morgan fingerprint density at radius 3 is 2.67 bits per heavy atom. The molecular formula is C25H24N6OS. The van der Waals surface area contributed by atoms with E-state index in [0.29, 0.717) is 11.8 Å². The van der Waals surface area contributed by atoms with Crippen molar-refractivity contribution in [1.29, 1.82) is 0 Å². The number of aromatic nitrogens is 4. The maximum atomic E-state index is 5.54. The van der Waals surface area contributed by atoms with Gasteiger partial charge in [0.2, 0.25) is 5.95 Å². The van der Waals surface area contributed by atoms with Gasteiger partial charge < -0.3 is 9.73 Å². The molecule has 3 heterocycles. The molecule has 166 valence electrons. The molecule has 0 bridgehead atoms. The van der Waals surface area contributed by atoms with E-state index in [9.17, 15) is 0 Å². The molecule has 2 N–H and O–H groups in total. The Morgan fingerprint density at radius 2 is 1.82 bits per heavy atom. The van der Waals surface area contributed by atoms with E-state index in [4.69, 9.17) is 9.40 Å². The van der Waals surface area contributed by atoms with Crippen molar-refractivity contribution in [3.63, 3.8) is 0 Å². The molecule has 0 saturated heterocycles. The standard InChI is InChI=1S/C25H24N6OS/c1-18-8-10-20(11-9-18)33-28-14-5-13-26-24-27-15-12-21(29-24)23-22(19-6-3-2-4-7-19)30-25-31(23)16-17-32-25/h2-4,6-12,15-17,28H,5,13-14H2,1H3,(H,26,27,29). The van der Waals surface area contributed by atoms with Crippen LogP contribution in [0.2, 0.25) is 0 Å². The maximum Gasteiger partial charge on any atom is 0.306 e. The predicted molar refractivity (Wildman–Crippen MR) is 132 cm³/mol. The summed E-state index contributed by atoms with van der Waals surface area (Å²) in [4.78, 5) is 15.0. The number of nitrogens with zero attached hydrogens (tertiary/aromatic N) is 4. The molecule has 5 rings (SSSR count). The third-order valence-electron chi connectivity index (χ3n) is 5.16. The number of benzene rings is 2. The van der Waals surface area contributed by atoms with Crippen molar-refractivity contribution < 1.29 is 4.42 Å². The zero-order valence-electron chi connectivity index (χ0n) is 18.2. The van der Waals surface area contributed by atoms with Crippen LogP contribution in [0.25, 0.3) is 28.5 Å². The average Bonchev–Trinajstić information content (AvgIpc) is 3.45. The second-order valence-electron chi connectivity index (χ2n) is 7.59. The highest BCUT2D eigenvalue weighted by Crippen LogP contribution is 2.32. The van der Waals surface area contributed by atoms with E-state index in [1.807, 2.05) is 47.0 Å². The minimum absolute atomic E-state index is 0.536. The van der Waals surface area contributed by atoms with Gasteiger partial charge in [0.25, 0.3) is 0 Å². The van der Waals surface area contributed by atoms with Gasteiger partial charge in [0.15, 0.2) is 0 Å². The van der Waals surface area contributed by atoms with Crippen molar-refractivity contribution in [3.05, 3.63) is 84.9 Å². The monoisotopic (exact) mass is 456 g/mol. The Hall–Kier alpha value is -3.62. The minimum atomic E-state index is 0.536. The summed E-state index contributed by atoms with van der Waals surface area (Å²) in [7, 11) is 0. The van der Waals surface area contributed by atoms with Crippen LogP contribution in [0.4, 0.5) is 5.95 Å². The Labute approximate surface area is 196 Å². The summed E-state index contributed by atoms with van der Waals surface area (Å²) in [5.41, 5.74) is 4.78. The molecule has 0 aliphatic rings. The van der Waals surface area contributed by atoms with Crippen LogP contribution >= 0.6 is 11.9 Å². The fourth-order valence-corrected chi connectivity index (χ4v) is 4.19. The molecule has 0 spiro atoms. The lowest BCUT2D eigenvalue weighted by atomic mass is 10.1. The molecule has 5 aromatic rings. The molecular weight excluding hydrogens is 432 g/mol. The van der Waals surface area contributed by atoms with E-state index in [2.05, 4.69) is 51.2 Å². The van der Waals surface area contributed by atoms with Gasteiger partial charge in [0, 0.05) is 35.9 Å². The molecule has 0 saturated carbocycles. The average molecular weight is 457 g/mol. The van der Waals surface area contributed by atoms with Crippen LogP contribution < -0.4 is 10.0 Å². The van der Waals surface area contributed by atoms with Crippen molar-refractivity contribution >= 4 is 23.7 Å². The molecule has 0 amide bonds. The van der Waals surface area contributed by atoms with Crippen LogP contribution in [0, 0.1) is 6.92 Å². The summed E-state index contributed by atoms with van der Waals surface area (Å²) >= 11 is 1.65. The first-order valence-electron chi connectivity index (χ1n) is 10.8. The molecule has 3 aromatic heterocycles. The predicted octanol–water partition coefficient (Wildman–Crippen LogP) is 5.46. The van der Waals surface area contributed by atoms with Gasteiger partial charge in [-0.2, -0.15) is 4.98 Å². The van der Waals surface area contributed by atoms with Crippen molar-refractivity contribution in [2.75, 3.05) is 18.4 Å². The van der Waals surface area contributed by atoms with E-state index in [1.165, 1.54) is 10.5 Å². The first-order valence-corrected chi connectivity index (χ1v) is 11.6. The number of oxazole rings is 1. The summed E-state index contributed by atoms with van der Waals surface area (Å²) in [6.45, 7) is 3.74. The number of imidazole rings is 1. The topological polar surface area (TPSA) is 80.3 Å². The van der Waals surface area contributed by atoms with Gasteiger partial charge >= 0.3 is 5.84 Å². The summed E-state index contributed by atoms with van der Waals surface area (Å²) in [6.07, 6.45) is 6.20. The van der Waals surface area contributed by atoms with Gasteiger partial charge in [0.1, 0.15) is 17.7 Å². The SMILES string of the molecule is Cc1ccc(SNCCCNc2nccc(-c3c(-c4ccccc4)nc4occn34)n2)cc1. The van der Waals surface area contributed by atoms with Gasteiger partial charge in [0.05, 0.1) is 5.69 Å². The van der Waals surface area contributed by atoms with Crippen molar-refractivity contribution in [2.24, 2.45) is 0 Å². The van der Waals surface area contributed by atoms with Crippen molar-refractivity contribution in [1.82, 2.24) is 24.1 Å². The summed E-state index contributed by atoms with van der Waals surface area (Å²) in [5.74, 6) is 1.13. The number of aryl methyl sites for hydroxylation is 1. The molecule has 0 radical (unpaired) electrons. The highest BCUT2D eigenvalue weighted by Gasteiger charge is 2.19. The Bertz CT molecular complexity index is 1330. The van der Waals surface area contributed by atoms with E-state index in [1.54, 1.807) is 24.4 Å². The summed E-state index contributed by atoms with van der Waals surface area (Å²) in [6, 6.07) is 20.5. The smallest absolute Gasteiger partial charge is 0.306 e. The number of anilines is 1. The molecule has 0 atom stereocenters. The Balaban J connectivity index is 1.24. The van der Waals surface area contributed by atoms with Crippen molar-refractivity contribution in [2.45, 2.75) is 18.2 Å². The lowest BCUT2D eigenvalue weighted by Crippen LogP contribution is -2.12. The summed E-state index contributed by atoms with van der Waals surface area (Å²) < 4.78 is 10.9. The van der Waals surface area contributed by atoms with E-state index in [0.717, 1.165) is 42.2 Å². The Morgan fingerprint density at radius 1 is 0.970 bits per heavy atom. The Kier molecular flexibility index (Phi) is 6.37. The van der Waals surface area contributed by atoms with Crippen LogP contribution in [0.3, 0.4) is 0 Å². The molecule has 0 aliphatic carbocycles. The summed E-state index contributed by atoms with van der Waals surface area (Å²) in [5, 5.41) is 3.33. The number of hydrogen-bond donors (Lipinski definition) is 2. The van der Waals surface area contributed by atoms with Crippen LogP contribution in [-0.4, -0.2) is 32.4 Å². The number of hydrogen-bond acceptors (Lipinski definition) is 7. The number of rotatable bonds is 9. The molecule has 7 nitrogen and oxygen atoms in total. The van der Waals surface area contributed by atoms with Crippen LogP contribution in [-0.2, 0) is 0 Å². The highest BCUT2D eigenvalue weighted by molar-refractivity contribution is 7.97. The number of fused-ring (bicyclic) bond motifs is 1. The zero-order chi connectivity index (χ0) is 22.5. The largest absolute Gasteiger partial charge is 0.432 e. The lowest BCUT2D eigenvalue weighted by Gasteiger charge is -2.08. The zero-order valence-corrected chi connectivity index (χ0v) is 19.0. The van der Waals surface area contributed by atoms with E-state index >= 15 is 0 Å². The minimum Gasteiger partial charge on any atom is -0.432 e. The fourth-order valence-electron chi connectivity index (χ4n) is 3.50. The van der Waals surface area contributed by atoms with Gasteiger partial charge in [-0.25, -0.2) is 9.97 Å². The fraction of sp³-hybridized carbons (Fsp3) is 0.160. The van der Waals surface area contributed by atoms with Crippen molar-refractivity contribution in [3.8, 4) is 22.6 Å². The third kappa shape index (κ3) is 4.92. The number of nitrogens with one attached hydrogen (secondary N) is 2. The second-order valence-corrected chi connectivity index (χ2v) is 8.55. The molecule has 0 fully saturated rings. The van der Waals surface area contributed by atoms with Crippen LogP contribution in [0.5, 0.6) is 0 Å². The van der Waals surface area contributed by atoms with Crippen LogP contribution in [0.1, 0.15) is 12.0 Å². The van der Waals surface area contributed by atoms with E-state index in [-0.39, 0.29) is 0 Å². The van der Waals surface area contributed by atoms with Gasteiger partial charge in [-0.15, -0.1) is 0 Å². The molecule has 2 aromatic carbocycles. The highest BCUT2D eigenvalue weighted by atomic mass is 32.2. The molecule has 8 heteroatoms. The second kappa shape index (κ2) is 9.89. The normalized spacial score (nSPS) is 11.2. The molecule has 0 unspecified atom stereocenters. The lowest BCUT2D eigenvalue weighted by molar-refractivity contribution is 0.596. The first kappa shape index (κ1) is 21.2. The first-order chi connectivity index (χ1) is 16.3. The third-order valence-corrected chi connectivity index (χ3v) is 6.01. The molecule has 0 aliphatic heterocycles. The molecule has 33 heavy (non-hydrogen) atoms. The van der Waals surface area contributed by atoms with Gasteiger partial charge in [-0.1, -0.05) is 48.0 Å². The van der Waals surface area contributed by atoms with Gasteiger partial charge in [-0.3, -0.25) is 9.12 Å².